The lowest BCUT2D eigenvalue weighted by Crippen LogP contribution is -2.27. The maximum absolute atomic E-state index is 14.2. The third-order valence-corrected chi connectivity index (χ3v) is 6.46. The molecule has 1 fully saturated rings. The lowest BCUT2D eigenvalue weighted by molar-refractivity contribution is -0.117. The molecule has 37 heavy (non-hydrogen) atoms. The number of halogens is 2. The van der Waals surface area contributed by atoms with Crippen molar-refractivity contribution < 1.29 is 13.6 Å². The van der Waals surface area contributed by atoms with Crippen molar-refractivity contribution in [2.24, 2.45) is 5.92 Å². The number of hydrogen-bond donors (Lipinski definition) is 1. The fraction of sp³-hybridized carbons (Fsp3) is 0.321. The highest BCUT2D eigenvalue weighted by Crippen LogP contribution is 2.34. The van der Waals surface area contributed by atoms with Gasteiger partial charge in [-0.15, -0.1) is 10.2 Å². The number of carbonyl (C=O) groups excluding carboxylic acids is 1. The van der Waals surface area contributed by atoms with E-state index >= 15 is 0 Å². The Morgan fingerprint density at radius 1 is 1.05 bits per heavy atom. The quantitative estimate of drug-likeness (QED) is 0.304. The van der Waals surface area contributed by atoms with Crippen molar-refractivity contribution in [3.05, 3.63) is 77.4 Å². The molecule has 5 rings (SSSR count). The Hall–Kier alpha value is -4.01. The van der Waals surface area contributed by atoms with Crippen molar-refractivity contribution in [1.82, 2.24) is 25.6 Å². The molecule has 0 spiro atoms. The van der Waals surface area contributed by atoms with Gasteiger partial charge in [0.05, 0.1) is 5.69 Å². The predicted octanol–water partition coefficient (Wildman–Crippen LogP) is 5.19. The first kappa shape index (κ1) is 24.7. The summed E-state index contributed by atoms with van der Waals surface area (Å²) in [5.41, 5.74) is 3.27. The molecule has 2 aromatic heterocycles. The molecule has 2 heterocycles. The van der Waals surface area contributed by atoms with E-state index in [1.54, 1.807) is 0 Å². The summed E-state index contributed by atoms with van der Waals surface area (Å²) in [5.74, 6) is 0.390. The lowest BCUT2D eigenvalue weighted by Gasteiger charge is -2.24. The number of H-pyrrole nitrogens is 1. The fourth-order valence-electron chi connectivity index (χ4n) is 4.50. The number of tetrazole rings is 1. The van der Waals surface area contributed by atoms with Crippen LogP contribution < -0.4 is 4.90 Å². The summed E-state index contributed by atoms with van der Waals surface area (Å²) in [6.07, 6.45) is 3.40. The molecule has 0 amide bonds. The Balaban J connectivity index is 1.51. The minimum Gasteiger partial charge on any atom is -0.356 e. The first-order valence-electron chi connectivity index (χ1n) is 12.5. The van der Waals surface area contributed by atoms with Crippen molar-refractivity contribution in [2.75, 3.05) is 18.0 Å². The summed E-state index contributed by atoms with van der Waals surface area (Å²) in [6.45, 7) is 3.91. The van der Waals surface area contributed by atoms with Crippen LogP contribution >= 0.6 is 0 Å². The van der Waals surface area contributed by atoms with E-state index in [1.165, 1.54) is 25.0 Å². The van der Waals surface area contributed by atoms with Gasteiger partial charge in [-0.05, 0) is 59.7 Å². The number of nitrogens with zero attached hydrogens (tertiary/aromatic N) is 5. The van der Waals surface area contributed by atoms with E-state index in [0.717, 1.165) is 48.1 Å². The number of ketones is 1. The Labute approximate surface area is 213 Å². The van der Waals surface area contributed by atoms with E-state index < -0.39 is 11.6 Å². The number of Topliss-reactive ketones (excluding diaryl/α,β-unsaturated/α-hetero) is 1. The number of rotatable bonds is 11. The van der Waals surface area contributed by atoms with E-state index in [4.69, 9.17) is 4.98 Å². The van der Waals surface area contributed by atoms with E-state index in [0.29, 0.717) is 17.4 Å². The van der Waals surface area contributed by atoms with Crippen LogP contribution in [0.25, 0.3) is 22.6 Å². The number of benzene rings is 2. The summed E-state index contributed by atoms with van der Waals surface area (Å²) >= 11 is 0. The third kappa shape index (κ3) is 6.04. The maximum atomic E-state index is 14.2. The van der Waals surface area contributed by atoms with Crippen LogP contribution in [0.5, 0.6) is 0 Å². The highest BCUT2D eigenvalue weighted by atomic mass is 19.1. The molecule has 1 N–H and O–H groups in total. The summed E-state index contributed by atoms with van der Waals surface area (Å²) in [4.78, 5) is 20.3. The summed E-state index contributed by atoms with van der Waals surface area (Å²) in [6, 6.07) is 14.8. The van der Waals surface area contributed by atoms with Crippen LogP contribution in [0.3, 0.4) is 0 Å². The van der Waals surface area contributed by atoms with Gasteiger partial charge in [-0.1, -0.05) is 37.3 Å². The number of aromatic amines is 1. The molecule has 190 valence electrons. The summed E-state index contributed by atoms with van der Waals surface area (Å²) in [7, 11) is 0. The monoisotopic (exact) mass is 502 g/mol. The van der Waals surface area contributed by atoms with Crippen LogP contribution in [-0.4, -0.2) is 44.5 Å². The van der Waals surface area contributed by atoms with Gasteiger partial charge in [-0.2, -0.15) is 5.21 Å². The number of pyridine rings is 1. The highest BCUT2D eigenvalue weighted by molar-refractivity contribution is 5.85. The molecule has 4 aromatic rings. The van der Waals surface area contributed by atoms with Crippen molar-refractivity contribution in [2.45, 2.75) is 39.0 Å². The molecule has 1 saturated carbocycles. The predicted molar refractivity (Wildman–Crippen MR) is 137 cm³/mol. The van der Waals surface area contributed by atoms with Gasteiger partial charge < -0.3 is 4.90 Å². The van der Waals surface area contributed by atoms with Crippen LogP contribution in [0.15, 0.2) is 54.6 Å². The normalized spacial score (nSPS) is 13.1. The fourth-order valence-corrected chi connectivity index (χ4v) is 4.50. The van der Waals surface area contributed by atoms with Gasteiger partial charge in [0.25, 0.3) is 0 Å². The van der Waals surface area contributed by atoms with Crippen LogP contribution in [0.4, 0.5) is 14.6 Å². The number of anilines is 1. The Bertz CT molecular complexity index is 1390. The topological polar surface area (TPSA) is 87.7 Å². The van der Waals surface area contributed by atoms with Crippen molar-refractivity contribution in [3.8, 4) is 22.6 Å². The largest absolute Gasteiger partial charge is 0.356 e. The van der Waals surface area contributed by atoms with Gasteiger partial charge in [0.1, 0.15) is 23.2 Å². The SMILES string of the molecule is CCCN(CC1CC1)c1cc(CC(=O)Cc2ccc(F)cc2F)cc(-c2ccccc2-c2nn[nH]n2)n1. The average molecular weight is 503 g/mol. The average Bonchev–Trinajstić information content (AvgIpc) is 3.54. The second-order valence-corrected chi connectivity index (χ2v) is 9.52. The van der Waals surface area contributed by atoms with E-state index in [2.05, 4.69) is 32.4 Å². The van der Waals surface area contributed by atoms with Crippen LogP contribution in [0.1, 0.15) is 37.3 Å². The van der Waals surface area contributed by atoms with Crippen molar-refractivity contribution in [1.29, 1.82) is 0 Å². The first-order chi connectivity index (χ1) is 18.0. The zero-order chi connectivity index (χ0) is 25.8. The standard InChI is InChI=1S/C28H28F2N6O/c1-2-11-36(17-18-7-8-18)27-14-19(12-22(37)15-20-9-10-21(29)16-25(20)30)13-26(31-27)23-5-3-4-6-24(23)28-32-34-35-33-28/h3-6,9-10,13-14,16,18H,2,7-8,11-12,15,17H2,1H3,(H,32,33,34,35). The molecule has 1 aliphatic carbocycles. The van der Waals surface area contributed by atoms with E-state index in [9.17, 15) is 13.6 Å². The van der Waals surface area contributed by atoms with Gasteiger partial charge in [0, 0.05) is 43.1 Å². The number of nitrogens with one attached hydrogen (secondary N) is 1. The second-order valence-electron chi connectivity index (χ2n) is 9.52. The van der Waals surface area contributed by atoms with Crippen LogP contribution in [-0.2, 0) is 17.6 Å². The second kappa shape index (κ2) is 10.9. The molecule has 0 aliphatic heterocycles. The summed E-state index contributed by atoms with van der Waals surface area (Å²) < 4.78 is 27.5. The molecule has 0 unspecified atom stereocenters. The van der Waals surface area contributed by atoms with E-state index in [1.807, 2.05) is 36.4 Å². The van der Waals surface area contributed by atoms with Gasteiger partial charge >= 0.3 is 0 Å². The van der Waals surface area contributed by atoms with Gasteiger partial charge in [0.2, 0.25) is 5.82 Å². The number of hydrogen-bond acceptors (Lipinski definition) is 6. The molecule has 0 saturated heterocycles. The van der Waals surface area contributed by atoms with E-state index in [-0.39, 0.29) is 24.2 Å². The zero-order valence-corrected chi connectivity index (χ0v) is 20.6. The molecule has 0 radical (unpaired) electrons. The number of carbonyl (C=O) groups is 1. The smallest absolute Gasteiger partial charge is 0.205 e. The molecule has 2 aromatic carbocycles. The first-order valence-corrected chi connectivity index (χ1v) is 12.5. The molecule has 1 aliphatic rings. The lowest BCUT2D eigenvalue weighted by atomic mass is 9.98. The van der Waals surface area contributed by atoms with Crippen molar-refractivity contribution >= 4 is 11.6 Å². The zero-order valence-electron chi connectivity index (χ0n) is 20.6. The minimum atomic E-state index is -0.711. The highest BCUT2D eigenvalue weighted by Gasteiger charge is 2.25. The molecule has 0 bridgehead atoms. The Kier molecular flexibility index (Phi) is 7.30. The summed E-state index contributed by atoms with van der Waals surface area (Å²) in [5, 5.41) is 14.5. The minimum absolute atomic E-state index is 0.104. The number of aromatic nitrogens is 5. The molecule has 9 heteroatoms. The van der Waals surface area contributed by atoms with Gasteiger partial charge in [-0.25, -0.2) is 13.8 Å². The Morgan fingerprint density at radius 3 is 2.57 bits per heavy atom. The van der Waals surface area contributed by atoms with Crippen LogP contribution in [0.2, 0.25) is 0 Å². The molecule has 7 nitrogen and oxygen atoms in total. The maximum Gasteiger partial charge on any atom is 0.205 e. The third-order valence-electron chi connectivity index (χ3n) is 6.46. The molecular weight excluding hydrogens is 474 g/mol. The molecule has 0 atom stereocenters. The van der Waals surface area contributed by atoms with Gasteiger partial charge in [-0.3, -0.25) is 4.79 Å². The van der Waals surface area contributed by atoms with Crippen molar-refractivity contribution in [3.63, 3.8) is 0 Å². The van der Waals surface area contributed by atoms with Crippen LogP contribution in [0, 0.1) is 17.6 Å². The van der Waals surface area contributed by atoms with Gasteiger partial charge in [0.15, 0.2) is 0 Å². The molecular formula is C28H28F2N6O. The Morgan fingerprint density at radius 2 is 1.86 bits per heavy atom.